The van der Waals surface area contributed by atoms with Crippen LogP contribution in [0.2, 0.25) is 0 Å². The van der Waals surface area contributed by atoms with Crippen molar-refractivity contribution in [2.24, 2.45) is 0 Å². The average molecular weight is 555 g/mol. The monoisotopic (exact) mass is 554 g/mol. The molecule has 1 aromatic heterocycles. The Hall–Kier alpha value is -1.80. The second-order valence-electron chi connectivity index (χ2n) is 12.2. The van der Waals surface area contributed by atoms with Crippen molar-refractivity contribution in [1.82, 2.24) is 9.13 Å². The van der Waals surface area contributed by atoms with Crippen molar-refractivity contribution in [3.63, 3.8) is 0 Å². The summed E-state index contributed by atoms with van der Waals surface area (Å²) < 4.78 is 15.4. The van der Waals surface area contributed by atoms with E-state index in [0.29, 0.717) is 24.0 Å². The minimum absolute atomic E-state index is 0.0587. The maximum absolute atomic E-state index is 13.1. The first-order valence-electron chi connectivity index (χ1n) is 15.6. The molecule has 0 amide bonds. The van der Waals surface area contributed by atoms with Gasteiger partial charge in [0.15, 0.2) is 0 Å². The minimum Gasteiger partial charge on any atom is -0.493 e. The summed E-state index contributed by atoms with van der Waals surface area (Å²) in [6.07, 6.45) is 18.2. The fourth-order valence-electron chi connectivity index (χ4n) is 4.98. The molecule has 1 N–H and O–H groups in total. The van der Waals surface area contributed by atoms with Crippen molar-refractivity contribution in [3.8, 4) is 5.88 Å². The molecule has 1 rings (SSSR count). The van der Waals surface area contributed by atoms with Gasteiger partial charge in [0.2, 0.25) is 5.88 Å². The van der Waals surface area contributed by atoms with Crippen molar-refractivity contribution in [1.29, 1.82) is 0 Å². The molecule has 0 saturated carbocycles. The van der Waals surface area contributed by atoms with Crippen molar-refractivity contribution in [2.45, 2.75) is 149 Å². The Labute approximate surface area is 238 Å². The number of aromatic nitrogens is 2. The van der Waals surface area contributed by atoms with Crippen LogP contribution in [0.1, 0.15) is 130 Å². The standard InChI is InChI=1S/C31H59N3O5/c1-8-10-11-12-13-14-15-16-17-18-19-20-21-22-28(26(3)38-27(4)35)39-30(9-2)33-25-29(36)32(31(33)37)23-24-34(5,6)7/h25-26,28,30H,8-24H2,1-7H3/p+1. The molecule has 228 valence electrons. The molecule has 1 aromatic rings. The fourth-order valence-corrected chi connectivity index (χ4v) is 4.98. The molecule has 0 fully saturated rings. The van der Waals surface area contributed by atoms with Gasteiger partial charge in [0, 0.05) is 6.92 Å². The smallest absolute Gasteiger partial charge is 0.333 e. The van der Waals surface area contributed by atoms with Crippen LogP contribution in [0.25, 0.3) is 0 Å². The minimum atomic E-state index is -0.543. The predicted octanol–water partition coefficient (Wildman–Crippen LogP) is 6.79. The molecule has 0 radical (unpaired) electrons. The number of likely N-dealkylation sites (N-methyl/N-ethyl adjacent to an activating group) is 1. The molecule has 0 aliphatic carbocycles. The van der Waals surface area contributed by atoms with Gasteiger partial charge < -0.3 is 19.1 Å². The maximum Gasteiger partial charge on any atom is 0.333 e. The van der Waals surface area contributed by atoms with E-state index in [0.717, 1.165) is 19.3 Å². The highest BCUT2D eigenvalue weighted by atomic mass is 16.6. The van der Waals surface area contributed by atoms with Crippen molar-refractivity contribution in [2.75, 3.05) is 27.7 Å². The van der Waals surface area contributed by atoms with E-state index in [9.17, 15) is 14.7 Å². The number of hydrogen-bond acceptors (Lipinski definition) is 5. The molecular formula is C31H60N3O5+. The summed E-state index contributed by atoms with van der Waals surface area (Å²) in [6, 6.07) is 0. The zero-order valence-electron chi connectivity index (χ0n) is 26.3. The maximum atomic E-state index is 13.1. The lowest BCUT2D eigenvalue weighted by molar-refractivity contribution is -0.871. The Bertz CT molecular complexity index is 842. The van der Waals surface area contributed by atoms with Crippen molar-refractivity contribution < 1.29 is 23.9 Å². The number of quaternary nitrogens is 1. The number of carbonyl (C=O) groups is 1. The molecule has 0 saturated heterocycles. The van der Waals surface area contributed by atoms with E-state index in [-0.39, 0.29) is 23.6 Å². The van der Waals surface area contributed by atoms with E-state index in [1.54, 1.807) is 0 Å². The molecule has 8 heteroatoms. The highest BCUT2D eigenvalue weighted by molar-refractivity contribution is 5.66. The van der Waals surface area contributed by atoms with Gasteiger partial charge in [-0.15, -0.1) is 0 Å². The van der Waals surface area contributed by atoms with Gasteiger partial charge in [-0.2, -0.15) is 0 Å². The van der Waals surface area contributed by atoms with E-state index in [1.807, 2.05) is 13.8 Å². The van der Waals surface area contributed by atoms with Crippen LogP contribution < -0.4 is 5.69 Å². The van der Waals surface area contributed by atoms with Gasteiger partial charge in [-0.3, -0.25) is 13.9 Å². The molecule has 0 aliphatic heterocycles. The molecule has 3 unspecified atom stereocenters. The summed E-state index contributed by atoms with van der Waals surface area (Å²) in [5, 5.41) is 10.5. The van der Waals surface area contributed by atoms with Crippen molar-refractivity contribution >= 4 is 5.97 Å². The van der Waals surface area contributed by atoms with Crippen LogP contribution in [-0.2, 0) is 20.8 Å². The van der Waals surface area contributed by atoms with Crippen LogP contribution in [-0.4, -0.2) is 64.6 Å². The quantitative estimate of drug-likeness (QED) is 0.0915. The SMILES string of the molecule is CCCCCCCCCCCCCCCC(OC(CC)n1cc(O)n(CC[N+](C)(C)C)c1=O)C(C)OC(C)=O. The van der Waals surface area contributed by atoms with E-state index in [2.05, 4.69) is 28.1 Å². The van der Waals surface area contributed by atoms with Crippen LogP contribution in [0.5, 0.6) is 5.88 Å². The number of esters is 1. The summed E-state index contributed by atoms with van der Waals surface area (Å²) in [5.41, 5.74) is -0.285. The average Bonchev–Trinajstić information content (AvgIpc) is 3.14. The van der Waals surface area contributed by atoms with Crippen LogP contribution in [0, 0.1) is 0 Å². The molecule has 0 spiro atoms. The number of hydrogen-bond donors (Lipinski definition) is 1. The largest absolute Gasteiger partial charge is 0.493 e. The topological polar surface area (TPSA) is 82.7 Å². The Morgan fingerprint density at radius 2 is 1.44 bits per heavy atom. The number of imidazole rings is 1. The summed E-state index contributed by atoms with van der Waals surface area (Å²) >= 11 is 0. The highest BCUT2D eigenvalue weighted by Crippen LogP contribution is 2.23. The zero-order valence-corrected chi connectivity index (χ0v) is 26.3. The second kappa shape index (κ2) is 19.3. The first-order valence-corrected chi connectivity index (χ1v) is 15.6. The number of nitrogens with zero attached hydrogens (tertiary/aromatic N) is 3. The number of rotatable bonds is 23. The third-order valence-corrected chi connectivity index (χ3v) is 7.44. The fraction of sp³-hybridized carbons (Fsp3) is 0.871. The summed E-state index contributed by atoms with van der Waals surface area (Å²) in [5.74, 6) is -0.396. The molecule has 0 aromatic carbocycles. The Morgan fingerprint density at radius 3 is 1.90 bits per heavy atom. The number of aromatic hydroxyl groups is 1. The molecule has 8 nitrogen and oxygen atoms in total. The third-order valence-electron chi connectivity index (χ3n) is 7.44. The number of carbonyl (C=O) groups excluding carboxylic acids is 1. The Kier molecular flexibility index (Phi) is 17.4. The first-order chi connectivity index (χ1) is 18.5. The lowest BCUT2D eigenvalue weighted by atomic mass is 10.0. The van der Waals surface area contributed by atoms with Gasteiger partial charge in [0.1, 0.15) is 12.3 Å². The summed E-state index contributed by atoms with van der Waals surface area (Å²) in [6.45, 7) is 8.61. The van der Waals surface area contributed by atoms with E-state index >= 15 is 0 Å². The summed E-state index contributed by atoms with van der Waals surface area (Å²) in [7, 11) is 6.15. The first kappa shape index (κ1) is 35.2. The number of unbranched alkanes of at least 4 members (excludes halogenated alkanes) is 12. The molecule has 39 heavy (non-hydrogen) atoms. The van der Waals surface area contributed by atoms with E-state index in [1.165, 1.54) is 92.9 Å². The van der Waals surface area contributed by atoms with Crippen molar-refractivity contribution in [3.05, 3.63) is 16.7 Å². The van der Waals surface area contributed by atoms with E-state index < -0.39 is 12.3 Å². The lowest BCUT2D eigenvalue weighted by Gasteiger charge is -2.28. The van der Waals surface area contributed by atoms with Crippen LogP contribution in [0.15, 0.2) is 11.0 Å². The molecule has 3 atom stereocenters. The zero-order chi connectivity index (χ0) is 29.3. The molecule has 0 aliphatic rings. The van der Waals surface area contributed by atoms with Gasteiger partial charge in [0.25, 0.3) is 0 Å². The third kappa shape index (κ3) is 15.0. The highest BCUT2D eigenvalue weighted by Gasteiger charge is 2.27. The second-order valence-corrected chi connectivity index (χ2v) is 12.2. The predicted molar refractivity (Wildman–Crippen MR) is 159 cm³/mol. The summed E-state index contributed by atoms with van der Waals surface area (Å²) in [4.78, 5) is 24.8. The lowest BCUT2D eigenvalue weighted by Crippen LogP contribution is -2.40. The van der Waals surface area contributed by atoms with Gasteiger partial charge in [-0.05, 0) is 19.8 Å². The van der Waals surface area contributed by atoms with Crippen LogP contribution in [0.3, 0.4) is 0 Å². The van der Waals surface area contributed by atoms with Crippen LogP contribution in [0.4, 0.5) is 0 Å². The van der Waals surface area contributed by atoms with Crippen LogP contribution >= 0.6 is 0 Å². The molecule has 1 heterocycles. The number of ether oxygens (including phenoxy) is 2. The van der Waals surface area contributed by atoms with Gasteiger partial charge >= 0.3 is 11.7 Å². The normalized spacial score (nSPS) is 14.3. The Balaban J connectivity index is 2.59. The molecular weight excluding hydrogens is 494 g/mol. The van der Waals surface area contributed by atoms with Gasteiger partial charge in [0.05, 0.1) is 46.5 Å². The van der Waals surface area contributed by atoms with Gasteiger partial charge in [-0.25, -0.2) is 4.79 Å². The Morgan fingerprint density at radius 1 is 0.923 bits per heavy atom. The van der Waals surface area contributed by atoms with Gasteiger partial charge in [-0.1, -0.05) is 97.3 Å². The van der Waals surface area contributed by atoms with E-state index in [4.69, 9.17) is 9.47 Å². The molecule has 0 bridgehead atoms.